The molecule has 0 saturated heterocycles. The summed E-state index contributed by atoms with van der Waals surface area (Å²) >= 11 is 0. The monoisotopic (exact) mass is 202 g/mol. The van der Waals surface area contributed by atoms with Gasteiger partial charge < -0.3 is 0 Å². The second-order valence-electron chi connectivity index (χ2n) is 2.68. The Balaban J connectivity index is 2.61. The Kier molecular flexibility index (Phi) is 3.02. The highest BCUT2D eigenvalue weighted by Crippen LogP contribution is 2.05. The maximum Gasteiger partial charge on any atom is 0.397 e. The molecular weight excluding hydrogens is 192 g/mol. The van der Waals surface area contributed by atoms with Crippen LogP contribution in [0.3, 0.4) is 0 Å². The van der Waals surface area contributed by atoms with Crippen molar-refractivity contribution in [2.24, 2.45) is 0 Å². The summed E-state index contributed by atoms with van der Waals surface area (Å²) in [6.07, 6.45) is 0. The standard InChI is InChI=1S/C8H10O4S/c1-7-2-4-8(5-3-7)6-12-13(9,10)11/h2-5H,6H2,1H3,(H,9,10,11). The minimum Gasteiger partial charge on any atom is -0.264 e. The summed E-state index contributed by atoms with van der Waals surface area (Å²) in [4.78, 5) is 0. The fourth-order valence-corrected chi connectivity index (χ4v) is 1.11. The Bertz CT molecular complexity index is 366. The fourth-order valence-electron chi connectivity index (χ4n) is 0.827. The summed E-state index contributed by atoms with van der Waals surface area (Å²) < 4.78 is 32.9. The first-order valence-electron chi connectivity index (χ1n) is 3.65. The van der Waals surface area contributed by atoms with Gasteiger partial charge in [-0.1, -0.05) is 29.8 Å². The summed E-state index contributed by atoms with van der Waals surface area (Å²) in [6, 6.07) is 7.15. The molecule has 1 aromatic rings. The van der Waals surface area contributed by atoms with Gasteiger partial charge >= 0.3 is 10.4 Å². The van der Waals surface area contributed by atoms with Gasteiger partial charge in [0.1, 0.15) is 0 Å². The second kappa shape index (κ2) is 3.87. The molecule has 0 aromatic heterocycles. The first kappa shape index (κ1) is 10.2. The third-order valence-electron chi connectivity index (χ3n) is 1.50. The van der Waals surface area contributed by atoms with Crippen molar-refractivity contribution in [2.75, 3.05) is 0 Å². The molecule has 5 heteroatoms. The molecule has 0 saturated carbocycles. The van der Waals surface area contributed by atoms with Crippen LogP contribution >= 0.6 is 0 Å². The lowest BCUT2D eigenvalue weighted by molar-refractivity contribution is 0.259. The summed E-state index contributed by atoms with van der Waals surface area (Å²) in [5, 5.41) is 0. The van der Waals surface area contributed by atoms with Crippen LogP contribution in [-0.2, 0) is 21.2 Å². The van der Waals surface area contributed by atoms with Gasteiger partial charge in [0, 0.05) is 0 Å². The van der Waals surface area contributed by atoms with Gasteiger partial charge in [0.05, 0.1) is 6.61 Å². The van der Waals surface area contributed by atoms with Crippen LogP contribution in [0.5, 0.6) is 0 Å². The van der Waals surface area contributed by atoms with E-state index in [1.54, 1.807) is 12.1 Å². The van der Waals surface area contributed by atoms with Gasteiger partial charge in [-0.05, 0) is 12.5 Å². The molecule has 0 spiro atoms. The molecule has 72 valence electrons. The van der Waals surface area contributed by atoms with Crippen LogP contribution in [0.2, 0.25) is 0 Å². The highest BCUT2D eigenvalue weighted by Gasteiger charge is 2.03. The van der Waals surface area contributed by atoms with Crippen molar-refractivity contribution in [3.05, 3.63) is 35.4 Å². The molecule has 0 bridgehead atoms. The minimum atomic E-state index is -4.33. The van der Waals surface area contributed by atoms with Gasteiger partial charge in [0.15, 0.2) is 0 Å². The summed E-state index contributed by atoms with van der Waals surface area (Å²) in [5.74, 6) is 0. The molecule has 0 aliphatic carbocycles. The van der Waals surface area contributed by atoms with Gasteiger partial charge in [-0.15, -0.1) is 0 Å². The predicted octanol–water partition coefficient (Wildman–Crippen LogP) is 1.31. The van der Waals surface area contributed by atoms with Crippen molar-refractivity contribution in [1.29, 1.82) is 0 Å². The van der Waals surface area contributed by atoms with E-state index in [4.69, 9.17) is 4.55 Å². The van der Waals surface area contributed by atoms with E-state index in [-0.39, 0.29) is 6.61 Å². The zero-order valence-electron chi connectivity index (χ0n) is 7.10. The maximum absolute atomic E-state index is 10.2. The third kappa shape index (κ3) is 4.02. The first-order valence-corrected chi connectivity index (χ1v) is 5.01. The van der Waals surface area contributed by atoms with Crippen molar-refractivity contribution in [2.45, 2.75) is 13.5 Å². The average molecular weight is 202 g/mol. The molecule has 4 nitrogen and oxygen atoms in total. The van der Waals surface area contributed by atoms with E-state index in [9.17, 15) is 8.42 Å². The minimum absolute atomic E-state index is 0.140. The lowest BCUT2D eigenvalue weighted by Gasteiger charge is -2.00. The van der Waals surface area contributed by atoms with Gasteiger partial charge in [0.25, 0.3) is 0 Å². The van der Waals surface area contributed by atoms with Crippen LogP contribution in [0.4, 0.5) is 0 Å². The summed E-state index contributed by atoms with van der Waals surface area (Å²) in [7, 11) is -4.33. The molecule has 13 heavy (non-hydrogen) atoms. The van der Waals surface area contributed by atoms with E-state index in [0.717, 1.165) is 5.56 Å². The fraction of sp³-hybridized carbons (Fsp3) is 0.250. The first-order chi connectivity index (χ1) is 5.97. The number of benzene rings is 1. The van der Waals surface area contributed by atoms with Crippen molar-refractivity contribution >= 4 is 10.4 Å². The molecule has 0 aliphatic heterocycles. The smallest absolute Gasteiger partial charge is 0.264 e. The number of rotatable bonds is 3. The molecule has 1 N–H and O–H groups in total. The lowest BCUT2D eigenvalue weighted by atomic mass is 10.2. The SMILES string of the molecule is Cc1ccc(COS(=O)(=O)O)cc1. The van der Waals surface area contributed by atoms with Crippen LogP contribution < -0.4 is 0 Å². The second-order valence-corrected chi connectivity index (χ2v) is 3.77. The van der Waals surface area contributed by atoms with Gasteiger partial charge in [-0.25, -0.2) is 4.18 Å². The molecular formula is C8H10O4S. The Hall–Kier alpha value is -0.910. The average Bonchev–Trinajstić information content (AvgIpc) is 2.02. The molecule has 0 heterocycles. The maximum atomic E-state index is 10.2. The van der Waals surface area contributed by atoms with Crippen molar-refractivity contribution in [1.82, 2.24) is 0 Å². The molecule has 1 rings (SSSR count). The molecule has 0 amide bonds. The number of hydrogen-bond acceptors (Lipinski definition) is 3. The summed E-state index contributed by atoms with van der Waals surface area (Å²) in [6.45, 7) is 1.78. The van der Waals surface area contributed by atoms with Crippen molar-refractivity contribution < 1.29 is 17.2 Å². The predicted molar refractivity (Wildman–Crippen MR) is 47.5 cm³/mol. The highest BCUT2D eigenvalue weighted by atomic mass is 32.3. The van der Waals surface area contributed by atoms with Crippen molar-refractivity contribution in [3.8, 4) is 0 Å². The van der Waals surface area contributed by atoms with E-state index in [1.165, 1.54) is 0 Å². The van der Waals surface area contributed by atoms with E-state index in [2.05, 4.69) is 4.18 Å². The topological polar surface area (TPSA) is 63.6 Å². The molecule has 0 aliphatic rings. The van der Waals surface area contributed by atoms with E-state index < -0.39 is 10.4 Å². The largest absolute Gasteiger partial charge is 0.397 e. The van der Waals surface area contributed by atoms with Crippen LogP contribution in [-0.4, -0.2) is 13.0 Å². The number of hydrogen-bond donors (Lipinski definition) is 1. The quantitative estimate of drug-likeness (QED) is 0.751. The van der Waals surface area contributed by atoms with Gasteiger partial charge in [0.2, 0.25) is 0 Å². The third-order valence-corrected chi connectivity index (χ3v) is 1.91. The lowest BCUT2D eigenvalue weighted by Crippen LogP contribution is -2.03. The van der Waals surface area contributed by atoms with Crippen LogP contribution in [0.1, 0.15) is 11.1 Å². The van der Waals surface area contributed by atoms with Gasteiger partial charge in [-0.3, -0.25) is 4.55 Å². The Morgan fingerprint density at radius 2 is 1.85 bits per heavy atom. The normalized spacial score (nSPS) is 11.5. The highest BCUT2D eigenvalue weighted by molar-refractivity contribution is 7.80. The van der Waals surface area contributed by atoms with Crippen LogP contribution in [0, 0.1) is 6.92 Å². The molecule has 0 atom stereocenters. The van der Waals surface area contributed by atoms with E-state index >= 15 is 0 Å². The van der Waals surface area contributed by atoms with Gasteiger partial charge in [-0.2, -0.15) is 8.42 Å². The Labute approximate surface area is 77.1 Å². The van der Waals surface area contributed by atoms with E-state index in [0.29, 0.717) is 5.56 Å². The Morgan fingerprint density at radius 3 is 2.31 bits per heavy atom. The zero-order chi connectivity index (χ0) is 9.90. The Morgan fingerprint density at radius 1 is 1.31 bits per heavy atom. The zero-order valence-corrected chi connectivity index (χ0v) is 7.91. The molecule has 0 radical (unpaired) electrons. The van der Waals surface area contributed by atoms with E-state index in [1.807, 2.05) is 19.1 Å². The van der Waals surface area contributed by atoms with Crippen LogP contribution in [0.25, 0.3) is 0 Å². The van der Waals surface area contributed by atoms with Crippen molar-refractivity contribution in [3.63, 3.8) is 0 Å². The number of aryl methyl sites for hydroxylation is 1. The molecule has 1 aromatic carbocycles. The molecule has 0 unspecified atom stereocenters. The summed E-state index contributed by atoms with van der Waals surface area (Å²) in [5.41, 5.74) is 1.78. The molecule has 0 fully saturated rings. The van der Waals surface area contributed by atoms with Crippen LogP contribution in [0.15, 0.2) is 24.3 Å².